The zero-order valence-corrected chi connectivity index (χ0v) is 12.9. The Balaban J connectivity index is 1.95. The Labute approximate surface area is 131 Å². The first kappa shape index (κ1) is 14.2. The summed E-state index contributed by atoms with van der Waals surface area (Å²) in [5, 5.41) is 28.8. The van der Waals surface area contributed by atoms with Crippen LogP contribution in [0.4, 0.5) is 0 Å². The third-order valence-electron chi connectivity index (χ3n) is 3.89. The lowest BCUT2D eigenvalue weighted by molar-refractivity contribution is 0.344. The van der Waals surface area contributed by atoms with Crippen LogP contribution in [-0.4, -0.2) is 25.8 Å². The molecular formula is C16H16BrNO3. The average molecular weight is 350 g/mol. The largest absolute Gasteiger partial charge is 0.508 e. The molecule has 1 aliphatic heterocycles. The highest BCUT2D eigenvalue weighted by atomic mass is 79.9. The molecule has 0 aromatic heterocycles. The maximum Gasteiger partial charge on any atom is 0.157 e. The number of phenolic OH excluding ortho intramolecular Hbond substituents is 3. The lowest BCUT2D eigenvalue weighted by Gasteiger charge is -2.33. The summed E-state index contributed by atoms with van der Waals surface area (Å²) in [4.78, 5) is 0. The molecule has 3 N–H and O–H groups in total. The summed E-state index contributed by atoms with van der Waals surface area (Å²) < 4.78 is 2.07. The fraction of sp³-hybridized carbons (Fsp3) is 0.250. The molecule has 5 heteroatoms. The van der Waals surface area contributed by atoms with Crippen molar-refractivity contribution < 1.29 is 15.3 Å². The van der Waals surface area contributed by atoms with Gasteiger partial charge < -0.3 is 15.3 Å². The Morgan fingerprint density at radius 2 is 1.71 bits per heavy atom. The van der Waals surface area contributed by atoms with Crippen LogP contribution < -0.4 is 0 Å². The van der Waals surface area contributed by atoms with Crippen LogP contribution in [0.3, 0.4) is 0 Å². The Hall–Kier alpha value is -1.72. The first-order chi connectivity index (χ1) is 10.0. The molecule has 3 rings (SSSR count). The lowest BCUT2D eigenvalue weighted by atomic mass is 9.90. The van der Waals surface area contributed by atoms with Crippen LogP contribution in [0.25, 0.3) is 0 Å². The van der Waals surface area contributed by atoms with Gasteiger partial charge in [-0.05, 0) is 53.8 Å². The van der Waals surface area contributed by atoms with Gasteiger partial charge in [0.25, 0.3) is 0 Å². The first-order valence-electron chi connectivity index (χ1n) is 6.79. The van der Waals surface area contributed by atoms with Crippen molar-refractivity contribution in [2.24, 2.45) is 0 Å². The molecular weight excluding hydrogens is 334 g/mol. The molecule has 2 aromatic carbocycles. The molecule has 1 heterocycles. The van der Waals surface area contributed by atoms with E-state index in [4.69, 9.17) is 0 Å². The molecule has 1 atom stereocenters. The smallest absolute Gasteiger partial charge is 0.157 e. The maximum atomic E-state index is 9.76. The minimum atomic E-state index is -0.0905. The third kappa shape index (κ3) is 2.84. The minimum Gasteiger partial charge on any atom is -0.508 e. The second-order valence-corrected chi connectivity index (χ2v) is 6.21. The van der Waals surface area contributed by atoms with E-state index in [0.29, 0.717) is 0 Å². The lowest BCUT2D eigenvalue weighted by Crippen LogP contribution is -2.29. The highest BCUT2D eigenvalue weighted by Gasteiger charge is 2.27. The van der Waals surface area contributed by atoms with Gasteiger partial charge in [0.05, 0.1) is 0 Å². The van der Waals surface area contributed by atoms with Crippen molar-refractivity contribution in [1.29, 1.82) is 0 Å². The molecule has 1 aliphatic rings. The zero-order valence-electron chi connectivity index (χ0n) is 11.3. The van der Waals surface area contributed by atoms with Crippen LogP contribution in [0, 0.1) is 0 Å². The van der Waals surface area contributed by atoms with Crippen LogP contribution in [0.1, 0.15) is 22.7 Å². The van der Waals surface area contributed by atoms with Gasteiger partial charge in [0.15, 0.2) is 11.5 Å². The summed E-state index contributed by atoms with van der Waals surface area (Å²) in [6.45, 7) is 0.833. The van der Waals surface area contributed by atoms with Gasteiger partial charge in [-0.2, -0.15) is 0 Å². The van der Waals surface area contributed by atoms with Crippen molar-refractivity contribution in [2.45, 2.75) is 18.9 Å². The number of halogens is 1. The number of hydrogen-bond donors (Lipinski definition) is 3. The Morgan fingerprint density at radius 1 is 1.05 bits per heavy atom. The second-order valence-electron chi connectivity index (χ2n) is 5.30. The van der Waals surface area contributed by atoms with E-state index in [1.54, 1.807) is 24.3 Å². The summed E-state index contributed by atoms with van der Waals surface area (Å²) in [6.07, 6.45) is 1.57. The number of phenols is 3. The maximum absolute atomic E-state index is 9.76. The van der Waals surface area contributed by atoms with E-state index in [0.717, 1.165) is 36.1 Å². The van der Waals surface area contributed by atoms with Crippen LogP contribution >= 0.6 is 16.1 Å². The normalized spacial score (nSPS) is 18.4. The van der Waals surface area contributed by atoms with E-state index in [-0.39, 0.29) is 23.3 Å². The minimum absolute atomic E-state index is 0.0693. The molecule has 0 fully saturated rings. The number of benzene rings is 2. The van der Waals surface area contributed by atoms with Gasteiger partial charge in [-0.3, -0.25) is 0 Å². The van der Waals surface area contributed by atoms with E-state index in [1.807, 2.05) is 12.1 Å². The Bertz CT molecular complexity index is 657. The molecule has 0 radical (unpaired) electrons. The van der Waals surface area contributed by atoms with E-state index in [1.165, 1.54) is 0 Å². The van der Waals surface area contributed by atoms with Crippen molar-refractivity contribution in [2.75, 3.05) is 6.54 Å². The predicted octanol–water partition coefficient (Wildman–Crippen LogP) is 3.26. The average Bonchev–Trinajstić information content (AvgIpc) is 2.46. The van der Waals surface area contributed by atoms with Gasteiger partial charge >= 0.3 is 0 Å². The highest BCUT2D eigenvalue weighted by Crippen LogP contribution is 2.39. The molecule has 0 amide bonds. The summed E-state index contributed by atoms with van der Waals surface area (Å²) >= 11 is 3.58. The van der Waals surface area contributed by atoms with Crippen molar-refractivity contribution >= 4 is 16.1 Å². The summed E-state index contributed by atoms with van der Waals surface area (Å²) in [5.41, 5.74) is 3.17. The standard InChI is InChI=1S/C16H16BrNO3/c17-18-6-5-11-8-15(20)16(21)9-13(11)14(18)7-10-1-3-12(19)4-2-10/h1-4,8-9,14,19-21H,5-7H2/t14-/m1/s1. The molecule has 2 aromatic rings. The van der Waals surface area contributed by atoms with Crippen LogP contribution in [0.2, 0.25) is 0 Å². The number of hydrogen-bond acceptors (Lipinski definition) is 4. The van der Waals surface area contributed by atoms with Crippen molar-refractivity contribution in [3.05, 3.63) is 53.1 Å². The van der Waals surface area contributed by atoms with Crippen molar-refractivity contribution in [3.63, 3.8) is 0 Å². The van der Waals surface area contributed by atoms with Gasteiger partial charge in [0.2, 0.25) is 0 Å². The van der Waals surface area contributed by atoms with Gasteiger partial charge in [-0.25, -0.2) is 3.93 Å². The Kier molecular flexibility index (Phi) is 3.78. The fourth-order valence-electron chi connectivity index (χ4n) is 2.76. The van der Waals surface area contributed by atoms with E-state index in [2.05, 4.69) is 20.1 Å². The highest BCUT2D eigenvalue weighted by molar-refractivity contribution is 9.07. The van der Waals surface area contributed by atoms with Gasteiger partial charge in [0, 0.05) is 28.7 Å². The summed E-state index contributed by atoms with van der Waals surface area (Å²) in [7, 11) is 0. The number of aromatic hydroxyl groups is 3. The second kappa shape index (κ2) is 5.58. The number of nitrogens with zero attached hydrogens (tertiary/aromatic N) is 1. The van der Waals surface area contributed by atoms with Crippen molar-refractivity contribution in [1.82, 2.24) is 3.93 Å². The van der Waals surface area contributed by atoms with Crippen LogP contribution in [-0.2, 0) is 12.8 Å². The molecule has 0 bridgehead atoms. The van der Waals surface area contributed by atoms with E-state index in [9.17, 15) is 15.3 Å². The topological polar surface area (TPSA) is 63.9 Å². The third-order valence-corrected chi connectivity index (χ3v) is 4.74. The molecule has 0 saturated heterocycles. The van der Waals surface area contributed by atoms with Gasteiger partial charge in [0.1, 0.15) is 5.75 Å². The quantitative estimate of drug-likeness (QED) is 0.575. The summed E-state index contributed by atoms with van der Waals surface area (Å²) in [6, 6.07) is 10.5. The molecule has 0 saturated carbocycles. The SMILES string of the molecule is Oc1ccc(C[C@@H]2c3cc(O)c(O)cc3CCN2Br)cc1. The van der Waals surface area contributed by atoms with Crippen molar-refractivity contribution in [3.8, 4) is 17.2 Å². The molecule has 0 aliphatic carbocycles. The Morgan fingerprint density at radius 3 is 2.43 bits per heavy atom. The molecule has 110 valence electrons. The van der Waals surface area contributed by atoms with Gasteiger partial charge in [-0.15, -0.1) is 0 Å². The zero-order chi connectivity index (χ0) is 15.0. The predicted molar refractivity (Wildman–Crippen MR) is 83.7 cm³/mol. The molecule has 0 unspecified atom stereocenters. The van der Waals surface area contributed by atoms with E-state index >= 15 is 0 Å². The van der Waals surface area contributed by atoms with Crippen LogP contribution in [0.5, 0.6) is 17.2 Å². The summed E-state index contributed by atoms with van der Waals surface area (Å²) in [5.74, 6) is 0.0912. The number of fused-ring (bicyclic) bond motifs is 1. The molecule has 21 heavy (non-hydrogen) atoms. The molecule has 0 spiro atoms. The molecule has 4 nitrogen and oxygen atoms in total. The van der Waals surface area contributed by atoms with Crippen LogP contribution in [0.15, 0.2) is 36.4 Å². The monoisotopic (exact) mass is 349 g/mol. The first-order valence-corrected chi connectivity index (χ1v) is 7.50. The van der Waals surface area contributed by atoms with Gasteiger partial charge in [-0.1, -0.05) is 12.1 Å². The number of rotatable bonds is 2. The van der Waals surface area contributed by atoms with E-state index < -0.39 is 0 Å². The fourth-order valence-corrected chi connectivity index (χ4v) is 3.30.